The highest BCUT2D eigenvalue weighted by molar-refractivity contribution is 6.05. The van der Waals surface area contributed by atoms with Crippen LogP contribution < -0.4 is 5.32 Å². The Morgan fingerprint density at radius 1 is 1.25 bits per heavy atom. The number of amides is 2. The van der Waals surface area contributed by atoms with Gasteiger partial charge in [-0.2, -0.15) is 0 Å². The zero-order valence-corrected chi connectivity index (χ0v) is 14.6. The topological polar surface area (TPSA) is 67.9 Å². The van der Waals surface area contributed by atoms with E-state index in [0.29, 0.717) is 24.2 Å². The van der Waals surface area contributed by atoms with Gasteiger partial charge in [0.1, 0.15) is 5.60 Å². The van der Waals surface area contributed by atoms with Crippen molar-refractivity contribution in [1.29, 1.82) is 0 Å². The number of carbonyl (C=O) groups is 2. The first-order valence-corrected chi connectivity index (χ1v) is 7.89. The molecule has 2 rings (SSSR count). The van der Waals surface area contributed by atoms with Gasteiger partial charge in [0.25, 0.3) is 5.91 Å². The molecule has 130 valence electrons. The van der Waals surface area contributed by atoms with E-state index in [-0.39, 0.29) is 12.5 Å². The normalized spacial score (nSPS) is 17.0. The molecular weight excluding hydrogens is 308 g/mol. The summed E-state index contributed by atoms with van der Waals surface area (Å²) in [6.07, 6.45) is -0.143. The van der Waals surface area contributed by atoms with Crippen LogP contribution >= 0.6 is 0 Å². The van der Waals surface area contributed by atoms with E-state index in [1.165, 1.54) is 0 Å². The highest BCUT2D eigenvalue weighted by atomic mass is 16.6. The zero-order valence-electron chi connectivity index (χ0n) is 14.6. The van der Waals surface area contributed by atoms with Crippen molar-refractivity contribution in [1.82, 2.24) is 4.90 Å². The summed E-state index contributed by atoms with van der Waals surface area (Å²) in [4.78, 5) is 25.9. The lowest BCUT2D eigenvalue weighted by atomic mass is 10.1. The molecule has 6 nitrogen and oxygen atoms in total. The summed E-state index contributed by atoms with van der Waals surface area (Å²) in [5.74, 6) is -0.334. The summed E-state index contributed by atoms with van der Waals surface area (Å²) < 4.78 is 10.5. The van der Waals surface area contributed by atoms with Crippen molar-refractivity contribution < 1.29 is 19.1 Å². The van der Waals surface area contributed by atoms with Gasteiger partial charge in [0.15, 0.2) is 0 Å². The highest BCUT2D eigenvalue weighted by Gasteiger charge is 2.35. The number of hydrogen-bond donors (Lipinski definition) is 1. The number of nitrogens with one attached hydrogen (secondary N) is 1. The summed E-state index contributed by atoms with van der Waals surface area (Å²) in [7, 11) is 1.57. The van der Waals surface area contributed by atoms with Crippen LogP contribution in [0.2, 0.25) is 0 Å². The van der Waals surface area contributed by atoms with E-state index in [4.69, 9.17) is 9.47 Å². The Balaban J connectivity index is 2.19. The molecule has 6 heteroatoms. The number of methoxy groups -OCH3 is 1. The smallest absolute Gasteiger partial charge is 0.417 e. The van der Waals surface area contributed by atoms with Gasteiger partial charge in [-0.3, -0.25) is 4.79 Å². The van der Waals surface area contributed by atoms with Gasteiger partial charge in [0.2, 0.25) is 0 Å². The summed E-state index contributed by atoms with van der Waals surface area (Å²) >= 11 is 0. The molecule has 0 radical (unpaired) electrons. The second kappa shape index (κ2) is 7.49. The Morgan fingerprint density at radius 2 is 1.92 bits per heavy atom. The minimum absolute atomic E-state index is 0.262. The summed E-state index contributed by atoms with van der Waals surface area (Å²) in [5, 5.41) is 3.22. The molecule has 1 fully saturated rings. The van der Waals surface area contributed by atoms with Crippen molar-refractivity contribution in [3.8, 4) is 0 Å². The van der Waals surface area contributed by atoms with Crippen molar-refractivity contribution in [2.45, 2.75) is 32.8 Å². The molecular formula is C18H24N2O4. The maximum absolute atomic E-state index is 12.6. The number of para-hydroxylation sites is 1. The first-order valence-electron chi connectivity index (χ1n) is 7.89. The van der Waals surface area contributed by atoms with Crippen LogP contribution in [0.4, 0.5) is 10.5 Å². The Kier molecular flexibility index (Phi) is 5.62. The van der Waals surface area contributed by atoms with E-state index in [1.54, 1.807) is 27.9 Å². The Hall–Kier alpha value is -2.34. The number of carbonyl (C=O) groups excluding carboxylic acids is 2. The van der Waals surface area contributed by atoms with Crippen LogP contribution in [0.25, 0.3) is 0 Å². The monoisotopic (exact) mass is 332 g/mol. The third-order valence-corrected chi connectivity index (χ3v) is 3.42. The van der Waals surface area contributed by atoms with Crippen LogP contribution in [-0.2, 0) is 14.3 Å². The molecule has 1 aliphatic rings. The number of likely N-dealkylation sites (tertiary alicyclic amines) is 1. The van der Waals surface area contributed by atoms with Gasteiger partial charge in [-0.1, -0.05) is 18.2 Å². The van der Waals surface area contributed by atoms with Gasteiger partial charge in [-0.15, -0.1) is 0 Å². The lowest BCUT2D eigenvalue weighted by Gasteiger charge is -2.23. The Labute approximate surface area is 142 Å². The largest absolute Gasteiger partial charge is 0.443 e. The quantitative estimate of drug-likeness (QED) is 0.858. The maximum Gasteiger partial charge on any atom is 0.417 e. The number of benzene rings is 1. The van der Waals surface area contributed by atoms with Crippen LogP contribution in [0, 0.1) is 0 Å². The molecule has 0 bridgehead atoms. The van der Waals surface area contributed by atoms with Crippen molar-refractivity contribution in [2.24, 2.45) is 0 Å². The number of hydrogen-bond acceptors (Lipinski definition) is 5. The van der Waals surface area contributed by atoms with E-state index < -0.39 is 11.7 Å². The summed E-state index contributed by atoms with van der Waals surface area (Å²) in [5.41, 5.74) is 1.44. The van der Waals surface area contributed by atoms with Crippen LogP contribution in [0.3, 0.4) is 0 Å². The molecule has 0 aromatic heterocycles. The van der Waals surface area contributed by atoms with Gasteiger partial charge in [-0.25, -0.2) is 9.69 Å². The van der Waals surface area contributed by atoms with Crippen molar-refractivity contribution in [3.05, 3.63) is 41.6 Å². The molecule has 1 aromatic rings. The fraction of sp³-hybridized carbons (Fsp3) is 0.444. The average molecular weight is 332 g/mol. The predicted molar refractivity (Wildman–Crippen MR) is 91.5 cm³/mol. The van der Waals surface area contributed by atoms with Crippen LogP contribution in [0.15, 0.2) is 41.6 Å². The summed E-state index contributed by atoms with van der Waals surface area (Å²) in [6, 6.07) is 9.53. The lowest BCUT2D eigenvalue weighted by Crippen LogP contribution is -2.37. The molecule has 0 spiro atoms. The SMILES string of the molecule is COCC(Nc1ccccc1)=C1CCN(C(=O)OC(C)(C)C)C1=O. The first-order chi connectivity index (χ1) is 11.3. The molecule has 1 saturated heterocycles. The second-order valence-corrected chi connectivity index (χ2v) is 6.57. The first kappa shape index (κ1) is 18.0. The second-order valence-electron chi connectivity index (χ2n) is 6.57. The van der Waals surface area contributed by atoms with Crippen LogP contribution in [-0.4, -0.2) is 42.8 Å². The van der Waals surface area contributed by atoms with E-state index in [2.05, 4.69) is 5.32 Å². The molecule has 0 unspecified atom stereocenters. The molecule has 0 atom stereocenters. The minimum atomic E-state index is -0.637. The van der Waals surface area contributed by atoms with E-state index in [9.17, 15) is 9.59 Å². The minimum Gasteiger partial charge on any atom is -0.443 e. The number of imide groups is 1. The maximum atomic E-state index is 12.6. The molecule has 1 aromatic carbocycles. The number of ether oxygens (including phenoxy) is 2. The zero-order chi connectivity index (χ0) is 17.7. The highest BCUT2D eigenvalue weighted by Crippen LogP contribution is 2.24. The van der Waals surface area contributed by atoms with Crippen LogP contribution in [0.5, 0.6) is 0 Å². The van der Waals surface area contributed by atoms with Crippen molar-refractivity contribution in [2.75, 3.05) is 25.6 Å². The van der Waals surface area contributed by atoms with Crippen molar-refractivity contribution in [3.63, 3.8) is 0 Å². The van der Waals surface area contributed by atoms with Crippen molar-refractivity contribution >= 4 is 17.7 Å². The molecule has 1 heterocycles. The van der Waals surface area contributed by atoms with E-state index >= 15 is 0 Å². The van der Waals surface area contributed by atoms with E-state index in [1.807, 2.05) is 30.3 Å². The third-order valence-electron chi connectivity index (χ3n) is 3.42. The fourth-order valence-corrected chi connectivity index (χ4v) is 2.40. The van der Waals surface area contributed by atoms with Gasteiger partial charge in [0.05, 0.1) is 12.3 Å². The molecule has 1 aliphatic heterocycles. The average Bonchev–Trinajstić information content (AvgIpc) is 2.88. The van der Waals surface area contributed by atoms with Gasteiger partial charge >= 0.3 is 6.09 Å². The van der Waals surface area contributed by atoms with Gasteiger partial charge < -0.3 is 14.8 Å². The molecule has 1 N–H and O–H groups in total. The third kappa shape index (κ3) is 4.58. The van der Waals surface area contributed by atoms with Gasteiger partial charge in [0, 0.05) is 24.9 Å². The Bertz CT molecular complexity index is 632. The van der Waals surface area contributed by atoms with Crippen LogP contribution in [0.1, 0.15) is 27.2 Å². The predicted octanol–water partition coefficient (Wildman–Crippen LogP) is 3.17. The standard InChI is InChI=1S/C18H24N2O4/c1-18(2,3)24-17(22)20-11-10-14(16(20)21)15(12-23-4)19-13-8-6-5-7-9-13/h5-9,19H,10-12H2,1-4H3. The Morgan fingerprint density at radius 3 is 2.50 bits per heavy atom. The fourth-order valence-electron chi connectivity index (χ4n) is 2.40. The number of nitrogens with zero attached hydrogens (tertiary/aromatic N) is 1. The molecule has 0 saturated carbocycles. The molecule has 24 heavy (non-hydrogen) atoms. The molecule has 2 amide bonds. The van der Waals surface area contributed by atoms with E-state index in [0.717, 1.165) is 10.6 Å². The lowest BCUT2D eigenvalue weighted by molar-refractivity contribution is -0.124. The summed E-state index contributed by atoms with van der Waals surface area (Å²) in [6.45, 7) is 5.89. The van der Waals surface area contributed by atoms with Gasteiger partial charge in [-0.05, 0) is 39.3 Å². The number of anilines is 1. The molecule has 0 aliphatic carbocycles. The number of rotatable bonds is 4.